The molecular formula is C12H12BNO6. The van der Waals surface area contributed by atoms with E-state index in [0.717, 1.165) is 0 Å². The van der Waals surface area contributed by atoms with Crippen LogP contribution in [0, 0.1) is 0 Å². The second kappa shape index (κ2) is 6.20. The maximum atomic E-state index is 11.8. The van der Waals surface area contributed by atoms with Crippen LogP contribution in [-0.4, -0.2) is 50.3 Å². The Morgan fingerprint density at radius 2 is 1.70 bits per heavy atom. The molecule has 104 valence electrons. The summed E-state index contributed by atoms with van der Waals surface area (Å²) in [5.74, 6) is -2.04. The standard InChI is InChI=1S/C12H12BNO6/c1-14-7-10(15)18-13(19-11(16)8-14)20-12(17)9-5-3-2-4-6-9/h2-6H,7-8H2,1H3. The lowest BCUT2D eigenvalue weighted by Crippen LogP contribution is -2.44. The van der Waals surface area contributed by atoms with E-state index in [1.165, 1.54) is 17.0 Å². The lowest BCUT2D eigenvalue weighted by Gasteiger charge is -2.21. The molecule has 1 heterocycles. The molecule has 1 aromatic rings. The van der Waals surface area contributed by atoms with Gasteiger partial charge in [-0.3, -0.25) is 14.5 Å². The summed E-state index contributed by atoms with van der Waals surface area (Å²) in [4.78, 5) is 36.1. The minimum absolute atomic E-state index is 0.0888. The van der Waals surface area contributed by atoms with Crippen molar-refractivity contribution in [3.8, 4) is 0 Å². The molecule has 1 aliphatic rings. The van der Waals surface area contributed by atoms with Gasteiger partial charge in [-0.1, -0.05) is 18.2 Å². The Kier molecular flexibility index (Phi) is 4.36. The zero-order valence-electron chi connectivity index (χ0n) is 10.8. The molecule has 0 bridgehead atoms. The third-order valence-electron chi connectivity index (χ3n) is 2.47. The van der Waals surface area contributed by atoms with Crippen LogP contribution in [0.15, 0.2) is 30.3 Å². The van der Waals surface area contributed by atoms with Gasteiger partial charge in [0.1, 0.15) is 0 Å². The van der Waals surface area contributed by atoms with Crippen molar-refractivity contribution in [2.24, 2.45) is 0 Å². The molecule has 0 atom stereocenters. The van der Waals surface area contributed by atoms with E-state index >= 15 is 0 Å². The van der Waals surface area contributed by atoms with Gasteiger partial charge in [0.15, 0.2) is 0 Å². The Labute approximate surface area is 115 Å². The monoisotopic (exact) mass is 277 g/mol. The largest absolute Gasteiger partial charge is 0.870 e. The highest BCUT2D eigenvalue weighted by Crippen LogP contribution is 2.06. The van der Waals surface area contributed by atoms with Crippen molar-refractivity contribution in [1.82, 2.24) is 4.90 Å². The fourth-order valence-corrected chi connectivity index (χ4v) is 1.59. The van der Waals surface area contributed by atoms with Crippen LogP contribution in [0.4, 0.5) is 0 Å². The van der Waals surface area contributed by atoms with Crippen LogP contribution in [0.1, 0.15) is 10.4 Å². The molecule has 20 heavy (non-hydrogen) atoms. The molecule has 0 aromatic heterocycles. The first kappa shape index (κ1) is 14.1. The Morgan fingerprint density at radius 1 is 1.15 bits per heavy atom. The minimum Gasteiger partial charge on any atom is -0.461 e. The number of rotatable bonds is 2. The summed E-state index contributed by atoms with van der Waals surface area (Å²) in [6.07, 6.45) is 0. The first-order valence-electron chi connectivity index (χ1n) is 5.88. The Balaban J connectivity index is 2.02. The number of benzene rings is 1. The summed E-state index contributed by atoms with van der Waals surface area (Å²) in [5, 5.41) is 0. The van der Waals surface area contributed by atoms with Gasteiger partial charge in [-0.2, -0.15) is 0 Å². The Hall–Kier alpha value is -2.35. The number of likely N-dealkylation sites (N-methyl/N-ethyl adjacent to an activating group) is 1. The van der Waals surface area contributed by atoms with Gasteiger partial charge in [-0.15, -0.1) is 0 Å². The maximum Gasteiger partial charge on any atom is 0.870 e. The van der Waals surface area contributed by atoms with Crippen molar-refractivity contribution in [3.63, 3.8) is 0 Å². The second-order valence-corrected chi connectivity index (χ2v) is 4.21. The van der Waals surface area contributed by atoms with Crippen molar-refractivity contribution in [2.75, 3.05) is 20.1 Å². The molecule has 0 spiro atoms. The van der Waals surface area contributed by atoms with Crippen molar-refractivity contribution >= 4 is 25.2 Å². The summed E-state index contributed by atoms with van der Waals surface area (Å²) in [6.45, 7) is -0.178. The topological polar surface area (TPSA) is 82.1 Å². The van der Waals surface area contributed by atoms with Crippen LogP contribution in [0.2, 0.25) is 0 Å². The smallest absolute Gasteiger partial charge is 0.461 e. The van der Waals surface area contributed by atoms with Crippen molar-refractivity contribution in [3.05, 3.63) is 35.9 Å². The molecule has 0 N–H and O–H groups in total. The predicted molar refractivity (Wildman–Crippen MR) is 67.3 cm³/mol. The summed E-state index contributed by atoms with van der Waals surface area (Å²) < 4.78 is 14.4. The first-order chi connectivity index (χ1) is 9.54. The normalized spacial score (nSPS) is 16.8. The van der Waals surface area contributed by atoms with Gasteiger partial charge in [-0.05, 0) is 19.2 Å². The highest BCUT2D eigenvalue weighted by molar-refractivity contribution is 6.44. The van der Waals surface area contributed by atoms with Crippen molar-refractivity contribution in [2.45, 2.75) is 0 Å². The lowest BCUT2D eigenvalue weighted by molar-refractivity contribution is -0.148. The average Bonchev–Trinajstić information content (AvgIpc) is 2.37. The predicted octanol–water partition coefficient (Wildman–Crippen LogP) is -0.140. The molecule has 0 aliphatic carbocycles. The zero-order chi connectivity index (χ0) is 14.5. The molecule has 0 radical (unpaired) electrons. The van der Waals surface area contributed by atoms with Gasteiger partial charge in [0.25, 0.3) is 0 Å². The van der Waals surface area contributed by atoms with Crippen LogP contribution in [0.25, 0.3) is 0 Å². The molecule has 1 fully saturated rings. The molecular weight excluding hydrogens is 265 g/mol. The summed E-state index contributed by atoms with van der Waals surface area (Å²) in [6, 6.07) is 8.11. The van der Waals surface area contributed by atoms with E-state index in [4.69, 9.17) is 14.0 Å². The second-order valence-electron chi connectivity index (χ2n) is 4.21. The van der Waals surface area contributed by atoms with Crippen molar-refractivity contribution in [1.29, 1.82) is 0 Å². The molecule has 1 aliphatic heterocycles. The van der Waals surface area contributed by atoms with Crippen LogP contribution in [0.3, 0.4) is 0 Å². The van der Waals surface area contributed by atoms with Crippen LogP contribution >= 0.6 is 0 Å². The minimum atomic E-state index is -1.66. The fourth-order valence-electron chi connectivity index (χ4n) is 1.59. The molecule has 0 unspecified atom stereocenters. The highest BCUT2D eigenvalue weighted by Gasteiger charge is 2.38. The van der Waals surface area contributed by atoms with Gasteiger partial charge >= 0.3 is 25.2 Å². The number of carbonyl (C=O) groups is 3. The van der Waals surface area contributed by atoms with E-state index < -0.39 is 25.2 Å². The number of nitrogens with zero attached hydrogens (tertiary/aromatic N) is 1. The summed E-state index contributed by atoms with van der Waals surface area (Å²) in [7, 11) is -0.0878. The van der Waals surface area contributed by atoms with Gasteiger partial charge in [0, 0.05) is 0 Å². The third kappa shape index (κ3) is 3.82. The van der Waals surface area contributed by atoms with Gasteiger partial charge in [0.2, 0.25) is 0 Å². The Bertz CT molecular complexity index is 500. The van der Waals surface area contributed by atoms with Crippen LogP contribution < -0.4 is 0 Å². The van der Waals surface area contributed by atoms with Crippen molar-refractivity contribution < 1.29 is 28.3 Å². The van der Waals surface area contributed by atoms with E-state index in [1.807, 2.05) is 0 Å². The quantitative estimate of drug-likeness (QED) is 0.696. The molecule has 0 saturated carbocycles. The maximum absolute atomic E-state index is 11.8. The molecule has 1 aromatic carbocycles. The third-order valence-corrected chi connectivity index (χ3v) is 2.47. The van der Waals surface area contributed by atoms with E-state index in [2.05, 4.69) is 0 Å². The highest BCUT2D eigenvalue weighted by atomic mass is 16.8. The van der Waals surface area contributed by atoms with E-state index in [0.29, 0.717) is 0 Å². The Morgan fingerprint density at radius 3 is 2.25 bits per heavy atom. The molecule has 1 saturated heterocycles. The van der Waals surface area contributed by atoms with Gasteiger partial charge in [0.05, 0.1) is 18.7 Å². The molecule has 2 rings (SSSR count). The van der Waals surface area contributed by atoms with E-state index in [-0.39, 0.29) is 18.7 Å². The SMILES string of the molecule is CN1CC(=O)OB(OC(=O)c2ccccc2)OC(=O)C1. The number of carbonyl (C=O) groups excluding carboxylic acids is 3. The van der Waals surface area contributed by atoms with Crippen LogP contribution in [0.5, 0.6) is 0 Å². The fraction of sp³-hybridized carbons (Fsp3) is 0.250. The lowest BCUT2D eigenvalue weighted by atomic mass is 10.2. The zero-order valence-corrected chi connectivity index (χ0v) is 10.8. The molecule has 0 amide bonds. The summed E-state index contributed by atoms with van der Waals surface area (Å²) >= 11 is 0. The van der Waals surface area contributed by atoms with E-state index in [9.17, 15) is 14.4 Å². The van der Waals surface area contributed by atoms with E-state index in [1.54, 1.807) is 25.2 Å². The van der Waals surface area contributed by atoms with Gasteiger partial charge in [-0.25, -0.2) is 4.79 Å². The molecule has 8 heteroatoms. The number of hydrogen-bond acceptors (Lipinski definition) is 7. The van der Waals surface area contributed by atoms with Crippen LogP contribution in [-0.2, 0) is 23.6 Å². The number of hydrogen-bond donors (Lipinski definition) is 0. The molecule has 7 nitrogen and oxygen atoms in total. The average molecular weight is 277 g/mol. The summed E-state index contributed by atoms with van der Waals surface area (Å²) in [5.41, 5.74) is 0.263. The van der Waals surface area contributed by atoms with Gasteiger partial charge < -0.3 is 14.0 Å². The first-order valence-corrected chi connectivity index (χ1v) is 5.88.